The molecule has 6 nitrogen and oxygen atoms in total. The minimum Gasteiger partial charge on any atom is -0.248 e. The van der Waals surface area contributed by atoms with Gasteiger partial charge >= 0.3 is 0 Å². The first-order valence-electron chi connectivity index (χ1n) is 48.7. The van der Waals surface area contributed by atoms with Gasteiger partial charge in [-0.2, -0.15) is 0 Å². The van der Waals surface area contributed by atoms with Crippen molar-refractivity contribution in [3.05, 3.63) is 582 Å². The molecule has 0 saturated carbocycles. The van der Waals surface area contributed by atoms with Gasteiger partial charge in [0, 0.05) is 44.5 Å². The lowest BCUT2D eigenvalue weighted by molar-refractivity contribution is 1.07. The van der Waals surface area contributed by atoms with Gasteiger partial charge in [-0.25, -0.2) is 29.9 Å². The zero-order valence-electron chi connectivity index (χ0n) is 79.1. The van der Waals surface area contributed by atoms with E-state index in [9.17, 15) is 0 Å². The summed E-state index contributed by atoms with van der Waals surface area (Å²) >= 11 is 0. The molecule has 0 radical (unpaired) electrons. The second-order valence-corrected chi connectivity index (χ2v) is 35.7. The quantitative estimate of drug-likeness (QED) is 0.0713. The van der Waals surface area contributed by atoms with Crippen LogP contribution in [-0.4, -0.2) is 29.9 Å². The molecule has 678 valence electrons. The largest absolute Gasteiger partial charge is 0.248 e. The fraction of sp³-hybridized carbons (Fsp3) is 0. The lowest BCUT2D eigenvalue weighted by atomic mass is 9.93. The maximum absolute atomic E-state index is 5.07. The van der Waals surface area contributed by atoms with E-state index in [-0.39, 0.29) is 0 Å². The van der Waals surface area contributed by atoms with Crippen molar-refractivity contribution in [1.82, 2.24) is 29.9 Å². The van der Waals surface area contributed by atoms with Crippen LogP contribution in [0.5, 0.6) is 0 Å². The van der Waals surface area contributed by atoms with E-state index < -0.39 is 0 Å². The van der Waals surface area contributed by atoms with Gasteiger partial charge < -0.3 is 0 Å². The highest BCUT2D eigenvalue weighted by Crippen LogP contribution is 2.41. The highest BCUT2D eigenvalue weighted by Gasteiger charge is 2.19. The zero-order valence-corrected chi connectivity index (χ0v) is 79.1. The molecule has 3 heterocycles. The van der Waals surface area contributed by atoms with Crippen LogP contribution in [0, 0.1) is 0 Å². The van der Waals surface area contributed by atoms with Crippen molar-refractivity contribution >= 4 is 0 Å². The minimum atomic E-state index is 0.645. The summed E-state index contributed by atoms with van der Waals surface area (Å²) in [6.07, 6.45) is 0. The predicted molar refractivity (Wildman–Crippen MR) is 600 cm³/mol. The van der Waals surface area contributed by atoms with Gasteiger partial charge in [-0.1, -0.05) is 491 Å². The monoisotopic (exact) mass is 1840 g/mol. The van der Waals surface area contributed by atoms with E-state index in [1.807, 2.05) is 109 Å². The lowest BCUT2D eigenvalue weighted by Crippen LogP contribution is -2.00. The number of hydrogen-bond acceptors (Lipinski definition) is 6. The summed E-state index contributed by atoms with van der Waals surface area (Å²) in [6, 6.07) is 205. The first-order valence-corrected chi connectivity index (χ1v) is 48.7. The van der Waals surface area contributed by atoms with Crippen LogP contribution < -0.4 is 0 Å². The first kappa shape index (κ1) is 90.0. The molecule has 0 amide bonds. The van der Waals surface area contributed by atoms with Crippen molar-refractivity contribution in [2.45, 2.75) is 0 Å². The van der Waals surface area contributed by atoms with Crippen LogP contribution in [0.15, 0.2) is 582 Å². The molecule has 0 aliphatic carbocycles. The maximum atomic E-state index is 5.07. The number of benzene rings is 21. The van der Waals surface area contributed by atoms with Gasteiger partial charge in [0.2, 0.25) is 0 Å². The second-order valence-electron chi connectivity index (χ2n) is 35.7. The molecule has 3 aromatic heterocycles. The Morgan fingerprint density at radius 2 is 0.194 bits per heavy atom. The molecule has 24 aromatic rings. The molecular formula is C138H96N6. The fourth-order valence-corrected chi connectivity index (χ4v) is 18.6. The van der Waals surface area contributed by atoms with Crippen LogP contribution in [0.1, 0.15) is 0 Å². The number of nitrogens with zero attached hydrogens (tertiary/aromatic N) is 6. The zero-order chi connectivity index (χ0) is 96.4. The van der Waals surface area contributed by atoms with Crippen LogP contribution in [-0.2, 0) is 0 Å². The van der Waals surface area contributed by atoms with Crippen LogP contribution in [0.25, 0.3) is 235 Å². The van der Waals surface area contributed by atoms with Crippen molar-refractivity contribution in [3.63, 3.8) is 0 Å². The Kier molecular flexibility index (Phi) is 26.8. The van der Waals surface area contributed by atoms with Gasteiger partial charge in [-0.3, -0.25) is 0 Å². The summed E-state index contributed by atoms with van der Waals surface area (Å²) in [5.74, 6) is 2.66. The maximum Gasteiger partial charge on any atom is 0.164 e. The van der Waals surface area contributed by atoms with Crippen molar-refractivity contribution in [2.75, 3.05) is 0 Å². The van der Waals surface area contributed by atoms with Crippen LogP contribution >= 0.6 is 0 Å². The highest BCUT2D eigenvalue weighted by atomic mass is 15.0. The Morgan fingerprint density at radius 3 is 0.389 bits per heavy atom. The van der Waals surface area contributed by atoms with E-state index in [0.717, 1.165) is 106 Å². The second kappa shape index (κ2) is 42.9. The van der Waals surface area contributed by atoms with Crippen molar-refractivity contribution in [3.8, 4) is 235 Å². The lowest BCUT2D eigenvalue weighted by Gasteiger charge is -2.12. The molecule has 0 N–H and O–H groups in total. The van der Waals surface area contributed by atoms with Crippen LogP contribution in [0.3, 0.4) is 0 Å². The van der Waals surface area contributed by atoms with Crippen molar-refractivity contribution in [2.24, 2.45) is 0 Å². The molecular weight excluding hydrogens is 1740 g/mol. The van der Waals surface area contributed by atoms with E-state index >= 15 is 0 Å². The third-order valence-corrected chi connectivity index (χ3v) is 26.1. The molecule has 6 heteroatoms. The Balaban J connectivity index is 0.000000123. The molecule has 0 bridgehead atoms. The predicted octanol–water partition coefficient (Wildman–Crippen LogP) is 36.4. The molecule has 24 rings (SSSR count). The Hall–Kier alpha value is -19.1. The Bertz CT molecular complexity index is 7610. The number of pyridine rings is 1. The molecule has 0 aliphatic rings. The van der Waals surface area contributed by atoms with Gasteiger partial charge in [0.15, 0.2) is 23.3 Å². The SMILES string of the molecule is c1ccc(-c2cccc(-c3cccc(-c4cccc(-c5cccc(-c6cc(-c7ccccc7)nc(-c7ccccc7)c6)c5)c4)c3)c2)cc1.c1ccc(-c2cccc(-c3cccc(-c4cccc(-c5cccc(-c6nc(-c7ccccc7)cc(-c7ccccc7)n6)c5)c4)c3)c2)cc1.c1ccc(-c2cccc(-c3cccc(-c4cccc(-c5cccc(-c6nc(-c7ccccc7)nc(-c7ccccc7)n6)c5)c4)c3)c2)cc1. The van der Waals surface area contributed by atoms with Crippen LogP contribution in [0.4, 0.5) is 0 Å². The van der Waals surface area contributed by atoms with E-state index in [1.54, 1.807) is 0 Å². The summed E-state index contributed by atoms with van der Waals surface area (Å²) in [5.41, 5.74) is 42.7. The average molecular weight is 1840 g/mol. The Labute approximate surface area is 841 Å². The summed E-state index contributed by atoms with van der Waals surface area (Å²) in [7, 11) is 0. The van der Waals surface area contributed by atoms with Gasteiger partial charge in [-0.15, -0.1) is 0 Å². The molecule has 0 saturated heterocycles. The number of rotatable bonds is 21. The third kappa shape index (κ3) is 21.3. The van der Waals surface area contributed by atoms with E-state index in [2.05, 4.69) is 473 Å². The molecule has 0 aliphatic heterocycles. The molecule has 0 spiro atoms. The van der Waals surface area contributed by atoms with E-state index in [4.69, 9.17) is 29.9 Å². The molecule has 144 heavy (non-hydrogen) atoms. The summed E-state index contributed by atoms with van der Waals surface area (Å²) < 4.78 is 0. The van der Waals surface area contributed by atoms with Crippen LogP contribution in [0.2, 0.25) is 0 Å². The molecule has 0 atom stereocenters. The van der Waals surface area contributed by atoms with E-state index in [1.165, 1.54) is 106 Å². The minimum absolute atomic E-state index is 0.645. The average Bonchev–Trinajstić information content (AvgIpc) is 0.800. The molecule has 0 fully saturated rings. The third-order valence-electron chi connectivity index (χ3n) is 26.1. The van der Waals surface area contributed by atoms with Crippen molar-refractivity contribution in [1.29, 1.82) is 0 Å². The van der Waals surface area contributed by atoms with Crippen molar-refractivity contribution < 1.29 is 0 Å². The standard InChI is InChI=1S/C47H33N.C46H32N2.C45H31N3/c1-4-14-34(15-5-1)37-20-10-21-38(28-37)39-22-11-23-40(29-39)41-24-12-25-42(30-41)43-26-13-27-44(31-43)45-32-46(35-16-6-2-7-17-35)48-47(33-45)36-18-8-3-9-19-36;1-4-14-33(15-5-1)36-20-10-21-37(28-36)38-22-11-23-39(29-38)40-24-12-25-41(30-40)42-26-13-27-43(31-42)46-47-44(34-16-6-2-7-17-34)32-45(48-46)35-18-8-3-9-19-35;1-4-14-32(15-5-1)35-20-10-21-36(28-35)37-22-11-23-38(29-37)39-24-12-25-40(30-39)41-26-13-27-42(31-41)45-47-43(33-16-6-2-7-17-33)46-44(48-45)34-18-8-3-9-19-34/h1-33H;1-32H;1-31H. The van der Waals surface area contributed by atoms with Gasteiger partial charge in [0.05, 0.1) is 22.8 Å². The van der Waals surface area contributed by atoms with Gasteiger partial charge in [-0.05, 0) is 236 Å². The van der Waals surface area contributed by atoms with Gasteiger partial charge in [0.1, 0.15) is 0 Å². The molecule has 0 unspecified atom stereocenters. The fourth-order valence-electron chi connectivity index (χ4n) is 18.6. The number of hydrogen-bond donors (Lipinski definition) is 0. The summed E-state index contributed by atoms with van der Waals surface area (Å²) in [6.45, 7) is 0. The summed E-state index contributed by atoms with van der Waals surface area (Å²) in [4.78, 5) is 29.9. The highest BCUT2D eigenvalue weighted by molar-refractivity contribution is 5.88. The first-order chi connectivity index (χ1) is 71.3. The normalized spacial score (nSPS) is 10.9. The van der Waals surface area contributed by atoms with Gasteiger partial charge in [0.25, 0.3) is 0 Å². The number of aromatic nitrogens is 6. The Morgan fingerprint density at radius 1 is 0.0694 bits per heavy atom. The topological polar surface area (TPSA) is 77.3 Å². The molecule has 21 aromatic carbocycles. The smallest absolute Gasteiger partial charge is 0.164 e. The summed E-state index contributed by atoms with van der Waals surface area (Å²) in [5, 5.41) is 0. The van der Waals surface area contributed by atoms with E-state index in [0.29, 0.717) is 23.3 Å².